The van der Waals surface area contributed by atoms with Crippen molar-refractivity contribution in [3.8, 4) is 0 Å². The zero-order chi connectivity index (χ0) is 16.8. The van der Waals surface area contributed by atoms with Crippen LogP contribution in [0.4, 0.5) is 13.2 Å². The molecule has 0 amide bonds. The topological polar surface area (TPSA) is 47.3 Å². The predicted molar refractivity (Wildman–Crippen MR) is 77.8 cm³/mol. The number of hydrogen-bond acceptors (Lipinski definition) is 3. The molecule has 0 atom stereocenters. The van der Waals surface area contributed by atoms with Crippen molar-refractivity contribution in [2.45, 2.75) is 44.7 Å². The summed E-state index contributed by atoms with van der Waals surface area (Å²) in [5, 5.41) is 4.07. The maximum absolute atomic E-state index is 13.1. The molecule has 3 aliphatic rings. The Hall–Kier alpha value is -1.63. The molecule has 3 aliphatic carbocycles. The number of halogens is 4. The summed E-state index contributed by atoms with van der Waals surface area (Å²) >= 11 is 6.00. The maximum atomic E-state index is 13.1. The largest absolute Gasteiger partial charge is 0.394 e. The fourth-order valence-electron chi connectivity index (χ4n) is 4.04. The molecule has 2 aromatic heterocycles. The average molecular weight is 344 g/mol. The molecule has 3 fully saturated rings. The SMILES string of the molecule is Cc1nc2c(C34CC(C(F)(F)F)(C3)C4)cc(Cl)nn2c(=O)c1C. The molecule has 2 aromatic rings. The second kappa shape index (κ2) is 4.06. The molecule has 3 saturated carbocycles. The van der Waals surface area contributed by atoms with E-state index in [1.807, 2.05) is 0 Å². The first-order valence-electron chi connectivity index (χ1n) is 7.23. The minimum Gasteiger partial charge on any atom is -0.267 e. The quantitative estimate of drug-likeness (QED) is 0.798. The van der Waals surface area contributed by atoms with E-state index in [4.69, 9.17) is 11.6 Å². The van der Waals surface area contributed by atoms with Crippen molar-refractivity contribution in [2.24, 2.45) is 5.41 Å². The number of alkyl halides is 3. The molecule has 4 nitrogen and oxygen atoms in total. The Kier molecular flexibility index (Phi) is 2.64. The number of rotatable bonds is 1. The summed E-state index contributed by atoms with van der Waals surface area (Å²) in [5.41, 5.74) is -0.575. The minimum absolute atomic E-state index is 0.0301. The van der Waals surface area contributed by atoms with Gasteiger partial charge in [-0.25, -0.2) is 4.98 Å². The molecule has 0 radical (unpaired) electrons. The van der Waals surface area contributed by atoms with E-state index in [0.29, 0.717) is 22.5 Å². The smallest absolute Gasteiger partial charge is 0.267 e. The number of hydrogen-bond donors (Lipinski definition) is 0. The minimum atomic E-state index is -4.18. The van der Waals surface area contributed by atoms with Gasteiger partial charge in [-0.05, 0) is 39.2 Å². The Morgan fingerprint density at radius 3 is 2.43 bits per heavy atom. The molecule has 2 bridgehead atoms. The van der Waals surface area contributed by atoms with E-state index in [-0.39, 0.29) is 30.0 Å². The summed E-state index contributed by atoms with van der Waals surface area (Å²) in [6, 6.07) is 1.55. The van der Waals surface area contributed by atoms with Gasteiger partial charge in [0.25, 0.3) is 5.56 Å². The van der Waals surface area contributed by atoms with Crippen molar-refractivity contribution >= 4 is 17.2 Å². The Labute approximate surface area is 134 Å². The Morgan fingerprint density at radius 2 is 1.87 bits per heavy atom. The van der Waals surface area contributed by atoms with E-state index in [0.717, 1.165) is 4.52 Å². The van der Waals surface area contributed by atoms with Crippen LogP contribution in [0.1, 0.15) is 36.1 Å². The standard InChI is InChI=1S/C15H13ClF3N3O/c1-7-8(2)20-11-9(3-10(16)21-22(11)12(7)23)13-4-14(5-13,6-13)15(17,18)19/h3H,4-6H2,1-2H3. The lowest BCUT2D eigenvalue weighted by atomic mass is 9.33. The van der Waals surface area contributed by atoms with Crippen LogP contribution in [-0.2, 0) is 5.41 Å². The van der Waals surface area contributed by atoms with E-state index < -0.39 is 17.0 Å². The van der Waals surface area contributed by atoms with Gasteiger partial charge in [-0.3, -0.25) is 4.79 Å². The average Bonchev–Trinajstić information content (AvgIpc) is 2.32. The highest BCUT2D eigenvalue weighted by Crippen LogP contribution is 2.78. The normalized spacial score (nSPS) is 29.3. The predicted octanol–water partition coefficient (Wildman–Crippen LogP) is 3.34. The Morgan fingerprint density at radius 1 is 1.26 bits per heavy atom. The fourth-order valence-corrected chi connectivity index (χ4v) is 4.22. The highest BCUT2D eigenvalue weighted by atomic mass is 35.5. The molecule has 8 heteroatoms. The molecule has 0 unspecified atom stereocenters. The van der Waals surface area contributed by atoms with Crippen molar-refractivity contribution in [3.05, 3.63) is 38.4 Å². The summed E-state index contributed by atoms with van der Waals surface area (Å²) in [5.74, 6) is 0. The van der Waals surface area contributed by atoms with Crippen LogP contribution >= 0.6 is 11.6 Å². The van der Waals surface area contributed by atoms with E-state index in [1.165, 1.54) is 0 Å². The van der Waals surface area contributed by atoms with Crippen molar-refractivity contribution in [2.75, 3.05) is 0 Å². The van der Waals surface area contributed by atoms with Crippen LogP contribution < -0.4 is 5.56 Å². The van der Waals surface area contributed by atoms with Crippen LogP contribution in [0.3, 0.4) is 0 Å². The summed E-state index contributed by atoms with van der Waals surface area (Å²) in [6.45, 7) is 3.34. The van der Waals surface area contributed by atoms with Crippen molar-refractivity contribution in [3.63, 3.8) is 0 Å². The van der Waals surface area contributed by atoms with Gasteiger partial charge in [0.05, 0.1) is 5.41 Å². The third-order valence-corrected chi connectivity index (χ3v) is 5.62. The second-order valence-electron chi connectivity index (χ2n) is 6.83. The molecule has 2 heterocycles. The second-order valence-corrected chi connectivity index (χ2v) is 7.22. The lowest BCUT2D eigenvalue weighted by Crippen LogP contribution is -2.70. The van der Waals surface area contributed by atoms with Gasteiger partial charge in [0, 0.05) is 22.2 Å². The number of aromatic nitrogens is 3. The third-order valence-electron chi connectivity index (χ3n) is 5.43. The highest BCUT2D eigenvalue weighted by Gasteiger charge is 2.79. The van der Waals surface area contributed by atoms with Gasteiger partial charge in [0.15, 0.2) is 10.8 Å². The van der Waals surface area contributed by atoms with Crippen molar-refractivity contribution in [1.82, 2.24) is 14.6 Å². The van der Waals surface area contributed by atoms with E-state index in [9.17, 15) is 18.0 Å². The lowest BCUT2D eigenvalue weighted by molar-refractivity contribution is -0.336. The van der Waals surface area contributed by atoms with Gasteiger partial charge in [-0.15, -0.1) is 0 Å². The summed E-state index contributed by atoms with van der Waals surface area (Å²) in [4.78, 5) is 16.7. The molecule has 0 aromatic carbocycles. The lowest BCUT2D eigenvalue weighted by Gasteiger charge is -2.70. The van der Waals surface area contributed by atoms with Crippen LogP contribution in [0.5, 0.6) is 0 Å². The van der Waals surface area contributed by atoms with Crippen LogP contribution in [0, 0.1) is 19.3 Å². The first kappa shape index (κ1) is 14.9. The zero-order valence-electron chi connectivity index (χ0n) is 12.5. The highest BCUT2D eigenvalue weighted by molar-refractivity contribution is 6.29. The van der Waals surface area contributed by atoms with Gasteiger partial charge in [0.2, 0.25) is 0 Å². The van der Waals surface area contributed by atoms with Crippen LogP contribution in [0.2, 0.25) is 5.15 Å². The van der Waals surface area contributed by atoms with Crippen LogP contribution in [-0.4, -0.2) is 20.8 Å². The zero-order valence-corrected chi connectivity index (χ0v) is 13.2. The van der Waals surface area contributed by atoms with Crippen molar-refractivity contribution < 1.29 is 13.2 Å². The van der Waals surface area contributed by atoms with Gasteiger partial charge in [0.1, 0.15) is 0 Å². The van der Waals surface area contributed by atoms with Gasteiger partial charge in [-0.1, -0.05) is 11.6 Å². The van der Waals surface area contributed by atoms with Crippen LogP contribution in [0.25, 0.3) is 5.65 Å². The van der Waals surface area contributed by atoms with Crippen LogP contribution in [0.15, 0.2) is 10.9 Å². The third kappa shape index (κ3) is 1.71. The van der Waals surface area contributed by atoms with Crippen molar-refractivity contribution in [1.29, 1.82) is 0 Å². The molecule has 0 spiro atoms. The van der Waals surface area contributed by atoms with Gasteiger partial charge in [-0.2, -0.15) is 22.8 Å². The summed E-state index contributed by atoms with van der Waals surface area (Å²) in [6.07, 6.45) is -4.09. The number of nitrogens with zero attached hydrogens (tertiary/aromatic N) is 3. The van der Waals surface area contributed by atoms with Gasteiger partial charge < -0.3 is 0 Å². The summed E-state index contributed by atoms with van der Waals surface area (Å²) in [7, 11) is 0. The molecule has 0 aliphatic heterocycles. The molecule has 122 valence electrons. The monoisotopic (exact) mass is 343 g/mol. The molecule has 5 rings (SSSR count). The molecule has 0 saturated heterocycles. The molecular weight excluding hydrogens is 331 g/mol. The maximum Gasteiger partial charge on any atom is 0.394 e. The Balaban J connectivity index is 1.89. The van der Waals surface area contributed by atoms with E-state index in [1.54, 1.807) is 19.9 Å². The van der Waals surface area contributed by atoms with Gasteiger partial charge >= 0.3 is 6.18 Å². The number of aryl methyl sites for hydroxylation is 1. The first-order valence-corrected chi connectivity index (χ1v) is 7.60. The molecular formula is C15H13ClF3N3O. The molecule has 0 N–H and O–H groups in total. The number of fused-ring (bicyclic) bond motifs is 1. The fraction of sp³-hybridized carbons (Fsp3) is 0.533. The molecule has 23 heavy (non-hydrogen) atoms. The first-order chi connectivity index (χ1) is 10.6. The summed E-state index contributed by atoms with van der Waals surface area (Å²) < 4.78 is 40.3. The van der Waals surface area contributed by atoms with E-state index in [2.05, 4.69) is 10.1 Å². The Bertz CT molecular complexity index is 899. The van der Waals surface area contributed by atoms with E-state index >= 15 is 0 Å².